The molecule has 1 fully saturated rings. The number of piperidine rings is 1. The van der Waals surface area contributed by atoms with E-state index in [0.717, 1.165) is 32.6 Å². The van der Waals surface area contributed by atoms with Crippen LogP contribution in [-0.2, 0) is 17.7 Å². The third kappa shape index (κ3) is 4.58. The molecule has 112 valence electrons. The summed E-state index contributed by atoms with van der Waals surface area (Å²) in [6.45, 7) is 7.59. The van der Waals surface area contributed by atoms with E-state index in [0.29, 0.717) is 6.10 Å². The van der Waals surface area contributed by atoms with Crippen molar-refractivity contribution in [2.75, 3.05) is 33.3 Å². The molecule has 0 amide bonds. The average molecular weight is 276 g/mol. The van der Waals surface area contributed by atoms with Crippen LogP contribution in [0.3, 0.4) is 0 Å². The number of nitrogens with zero attached hydrogens (tertiary/aromatic N) is 1. The summed E-state index contributed by atoms with van der Waals surface area (Å²) in [7, 11) is 1.83. The Bertz CT molecular complexity index is 394. The van der Waals surface area contributed by atoms with Crippen molar-refractivity contribution in [3.63, 3.8) is 0 Å². The topological polar surface area (TPSA) is 24.5 Å². The van der Waals surface area contributed by atoms with Crippen LogP contribution in [0.5, 0.6) is 0 Å². The Morgan fingerprint density at radius 1 is 1.30 bits per heavy atom. The first-order chi connectivity index (χ1) is 9.83. The molecule has 1 aliphatic rings. The number of rotatable bonds is 7. The summed E-state index contributed by atoms with van der Waals surface area (Å²) in [5.74, 6) is 0. The summed E-state index contributed by atoms with van der Waals surface area (Å²) < 4.78 is 5.52. The van der Waals surface area contributed by atoms with E-state index in [4.69, 9.17) is 4.74 Å². The minimum Gasteiger partial charge on any atom is -0.380 e. The van der Waals surface area contributed by atoms with Crippen molar-refractivity contribution in [3.8, 4) is 0 Å². The van der Waals surface area contributed by atoms with Crippen LogP contribution in [0.4, 0.5) is 0 Å². The van der Waals surface area contributed by atoms with Gasteiger partial charge in [0.15, 0.2) is 0 Å². The van der Waals surface area contributed by atoms with Gasteiger partial charge >= 0.3 is 0 Å². The smallest absolute Gasteiger partial charge is 0.0698 e. The van der Waals surface area contributed by atoms with Crippen molar-refractivity contribution < 1.29 is 4.74 Å². The molecule has 2 rings (SSSR count). The Morgan fingerprint density at radius 3 is 2.85 bits per heavy atom. The van der Waals surface area contributed by atoms with Crippen LogP contribution >= 0.6 is 0 Å². The number of methoxy groups -OCH3 is 1. The molecular weight excluding hydrogens is 248 g/mol. The minimum absolute atomic E-state index is 0.415. The van der Waals surface area contributed by atoms with E-state index in [1.165, 1.54) is 30.5 Å². The molecule has 1 N–H and O–H groups in total. The monoisotopic (exact) mass is 276 g/mol. The number of nitrogens with one attached hydrogen (secondary N) is 1. The SMILES string of the molecule is CCNCCc1ccccc1CN1CCCC(OC)C1. The second-order valence-corrected chi connectivity index (χ2v) is 5.61. The van der Waals surface area contributed by atoms with Crippen molar-refractivity contribution in [1.82, 2.24) is 10.2 Å². The molecule has 1 aliphatic heterocycles. The van der Waals surface area contributed by atoms with Crippen LogP contribution in [0.1, 0.15) is 30.9 Å². The van der Waals surface area contributed by atoms with Crippen LogP contribution in [0.15, 0.2) is 24.3 Å². The van der Waals surface area contributed by atoms with E-state index in [9.17, 15) is 0 Å². The molecule has 1 aromatic rings. The molecule has 1 atom stereocenters. The lowest BCUT2D eigenvalue weighted by atomic mass is 10.0. The Labute approximate surface area is 123 Å². The summed E-state index contributed by atoms with van der Waals surface area (Å²) in [6.07, 6.45) is 3.98. The number of ether oxygens (including phenoxy) is 1. The van der Waals surface area contributed by atoms with Crippen molar-refractivity contribution in [3.05, 3.63) is 35.4 Å². The maximum Gasteiger partial charge on any atom is 0.0698 e. The highest BCUT2D eigenvalue weighted by molar-refractivity contribution is 5.27. The van der Waals surface area contributed by atoms with Gasteiger partial charge in [-0.3, -0.25) is 4.90 Å². The first kappa shape index (κ1) is 15.5. The van der Waals surface area contributed by atoms with E-state index in [2.05, 4.69) is 41.4 Å². The van der Waals surface area contributed by atoms with Gasteiger partial charge in [0.05, 0.1) is 6.10 Å². The number of hydrogen-bond acceptors (Lipinski definition) is 3. The molecule has 0 radical (unpaired) electrons. The minimum atomic E-state index is 0.415. The third-order valence-electron chi connectivity index (χ3n) is 4.13. The first-order valence-electron chi connectivity index (χ1n) is 7.86. The summed E-state index contributed by atoms with van der Waals surface area (Å²) >= 11 is 0. The number of hydrogen-bond donors (Lipinski definition) is 1. The zero-order chi connectivity index (χ0) is 14.2. The van der Waals surface area contributed by atoms with Gasteiger partial charge in [-0.15, -0.1) is 0 Å². The molecule has 1 unspecified atom stereocenters. The van der Waals surface area contributed by atoms with E-state index in [-0.39, 0.29) is 0 Å². The number of likely N-dealkylation sites (N-methyl/N-ethyl adjacent to an activating group) is 1. The molecule has 0 saturated carbocycles. The average Bonchev–Trinajstić information content (AvgIpc) is 2.49. The molecule has 0 bridgehead atoms. The lowest BCUT2D eigenvalue weighted by molar-refractivity contribution is 0.0285. The fourth-order valence-corrected chi connectivity index (χ4v) is 2.95. The highest BCUT2D eigenvalue weighted by Gasteiger charge is 2.19. The van der Waals surface area contributed by atoms with Crippen molar-refractivity contribution in [1.29, 1.82) is 0 Å². The summed E-state index contributed by atoms with van der Waals surface area (Å²) in [5.41, 5.74) is 2.95. The molecule has 3 heteroatoms. The van der Waals surface area contributed by atoms with Gasteiger partial charge in [-0.1, -0.05) is 31.2 Å². The van der Waals surface area contributed by atoms with Crippen LogP contribution in [0, 0.1) is 0 Å². The van der Waals surface area contributed by atoms with Crippen molar-refractivity contribution in [2.24, 2.45) is 0 Å². The van der Waals surface area contributed by atoms with E-state index in [1.54, 1.807) is 0 Å². The lowest BCUT2D eigenvalue weighted by Gasteiger charge is -2.32. The van der Waals surface area contributed by atoms with E-state index < -0.39 is 0 Å². The molecular formula is C17H28N2O. The van der Waals surface area contributed by atoms with Gasteiger partial charge in [0.1, 0.15) is 0 Å². The Kier molecular flexibility index (Phi) is 6.51. The number of likely N-dealkylation sites (tertiary alicyclic amines) is 1. The van der Waals surface area contributed by atoms with Crippen LogP contribution in [0.2, 0.25) is 0 Å². The van der Waals surface area contributed by atoms with E-state index in [1.807, 2.05) is 7.11 Å². The highest BCUT2D eigenvalue weighted by atomic mass is 16.5. The van der Waals surface area contributed by atoms with Crippen LogP contribution in [-0.4, -0.2) is 44.3 Å². The molecule has 1 saturated heterocycles. The second kappa shape index (κ2) is 8.40. The third-order valence-corrected chi connectivity index (χ3v) is 4.13. The normalized spacial score (nSPS) is 20.2. The molecule has 1 heterocycles. The van der Waals surface area contributed by atoms with Gasteiger partial charge in [-0.25, -0.2) is 0 Å². The quantitative estimate of drug-likeness (QED) is 0.774. The first-order valence-corrected chi connectivity index (χ1v) is 7.86. The maximum atomic E-state index is 5.52. The van der Waals surface area contributed by atoms with Gasteiger partial charge in [-0.2, -0.15) is 0 Å². The maximum absolute atomic E-state index is 5.52. The summed E-state index contributed by atoms with van der Waals surface area (Å²) in [5, 5.41) is 3.41. The summed E-state index contributed by atoms with van der Waals surface area (Å²) in [6, 6.07) is 8.85. The predicted molar refractivity (Wildman–Crippen MR) is 84.0 cm³/mol. The molecule has 0 aromatic heterocycles. The van der Waals surface area contributed by atoms with Gasteiger partial charge in [0.2, 0.25) is 0 Å². The molecule has 0 aliphatic carbocycles. The molecule has 1 aromatic carbocycles. The zero-order valence-corrected chi connectivity index (χ0v) is 12.9. The van der Waals surface area contributed by atoms with Gasteiger partial charge < -0.3 is 10.1 Å². The summed E-state index contributed by atoms with van der Waals surface area (Å²) in [4.78, 5) is 2.53. The van der Waals surface area contributed by atoms with Gasteiger partial charge in [0, 0.05) is 20.2 Å². The van der Waals surface area contributed by atoms with Crippen LogP contribution in [0.25, 0.3) is 0 Å². The Morgan fingerprint density at radius 2 is 2.10 bits per heavy atom. The van der Waals surface area contributed by atoms with Gasteiger partial charge in [0.25, 0.3) is 0 Å². The molecule has 3 nitrogen and oxygen atoms in total. The number of benzene rings is 1. The predicted octanol–water partition coefficient (Wildman–Crippen LogP) is 2.45. The highest BCUT2D eigenvalue weighted by Crippen LogP contribution is 2.18. The molecule has 20 heavy (non-hydrogen) atoms. The zero-order valence-electron chi connectivity index (χ0n) is 12.9. The second-order valence-electron chi connectivity index (χ2n) is 5.61. The fraction of sp³-hybridized carbons (Fsp3) is 0.647. The Balaban J connectivity index is 1.94. The standard InChI is InChI=1S/C17H28N2O/c1-3-18-11-10-15-7-4-5-8-16(15)13-19-12-6-9-17(14-19)20-2/h4-5,7-8,17-18H,3,6,9-14H2,1-2H3. The van der Waals surface area contributed by atoms with Crippen LogP contribution < -0.4 is 5.32 Å². The van der Waals surface area contributed by atoms with E-state index >= 15 is 0 Å². The van der Waals surface area contributed by atoms with Crippen molar-refractivity contribution >= 4 is 0 Å². The van der Waals surface area contributed by atoms with Crippen molar-refractivity contribution in [2.45, 2.75) is 38.8 Å². The van der Waals surface area contributed by atoms with Gasteiger partial charge in [-0.05, 0) is 50.0 Å². The Hall–Kier alpha value is -0.900. The fourth-order valence-electron chi connectivity index (χ4n) is 2.95. The lowest BCUT2D eigenvalue weighted by Crippen LogP contribution is -2.38. The largest absolute Gasteiger partial charge is 0.380 e. The molecule has 0 spiro atoms.